The van der Waals surface area contributed by atoms with Crippen LogP contribution in [0, 0.1) is 0 Å². The first-order valence-electron chi connectivity index (χ1n) is 10.3. The van der Waals surface area contributed by atoms with E-state index in [1.54, 1.807) is 30.3 Å². The fourth-order valence-electron chi connectivity index (χ4n) is 3.71. The van der Waals surface area contributed by atoms with Crippen LogP contribution in [0.25, 0.3) is 11.5 Å². The summed E-state index contributed by atoms with van der Waals surface area (Å²) >= 11 is 0. The molecule has 8 heteroatoms. The normalized spacial score (nSPS) is 19.4. The molecular formula is C23H26N2O5S. The Morgan fingerprint density at radius 3 is 2.29 bits per heavy atom. The third kappa shape index (κ3) is 4.45. The number of benzene rings is 2. The summed E-state index contributed by atoms with van der Waals surface area (Å²) in [4.78, 5) is 6.53. The van der Waals surface area contributed by atoms with Crippen molar-refractivity contribution in [2.45, 2.75) is 42.9 Å². The van der Waals surface area contributed by atoms with Gasteiger partial charge in [-0.25, -0.2) is 8.42 Å². The fraction of sp³-hybridized carbons (Fsp3) is 0.348. The van der Waals surface area contributed by atoms with E-state index in [0.717, 1.165) is 5.75 Å². The maximum absolute atomic E-state index is 13.4. The molecular weight excluding hydrogens is 416 g/mol. The van der Waals surface area contributed by atoms with E-state index in [0.29, 0.717) is 25.3 Å². The molecule has 0 N–H and O–H groups in total. The van der Waals surface area contributed by atoms with Crippen LogP contribution in [0.3, 0.4) is 0 Å². The Balaban J connectivity index is 1.80. The molecule has 0 spiro atoms. The van der Waals surface area contributed by atoms with Crippen LogP contribution in [0.5, 0.6) is 5.75 Å². The van der Waals surface area contributed by atoms with Crippen molar-refractivity contribution >= 4 is 15.7 Å². The number of rotatable bonds is 6. The number of oxazole rings is 1. The van der Waals surface area contributed by atoms with E-state index in [-0.39, 0.29) is 33.9 Å². The maximum atomic E-state index is 13.4. The zero-order valence-corrected chi connectivity index (χ0v) is 18.6. The van der Waals surface area contributed by atoms with Gasteiger partial charge in [-0.15, -0.1) is 0 Å². The standard InChI is InChI=1S/C23H26N2O5S/c1-4-28-19-12-10-18(11-13-19)21-24-22(31(26,27)20-8-6-5-7-9-20)23(30-21)25-14-16(2)29-17(3)15-25/h5-13,16-17H,4,14-15H2,1-3H3. The van der Waals surface area contributed by atoms with Crippen LogP contribution in [0.2, 0.25) is 0 Å². The fourth-order valence-corrected chi connectivity index (χ4v) is 5.05. The highest BCUT2D eigenvalue weighted by Crippen LogP contribution is 2.36. The number of hydrogen-bond acceptors (Lipinski definition) is 7. The van der Waals surface area contributed by atoms with Gasteiger partial charge >= 0.3 is 0 Å². The van der Waals surface area contributed by atoms with Gasteiger partial charge in [0, 0.05) is 18.7 Å². The monoisotopic (exact) mass is 442 g/mol. The number of aromatic nitrogens is 1. The predicted molar refractivity (Wildman–Crippen MR) is 117 cm³/mol. The number of hydrogen-bond donors (Lipinski definition) is 0. The number of morpholine rings is 1. The van der Waals surface area contributed by atoms with Crippen molar-refractivity contribution in [1.82, 2.24) is 4.98 Å². The molecule has 4 rings (SSSR count). The van der Waals surface area contributed by atoms with Crippen LogP contribution in [-0.2, 0) is 14.6 Å². The molecule has 2 atom stereocenters. The minimum atomic E-state index is -3.87. The van der Waals surface area contributed by atoms with Crippen molar-refractivity contribution in [3.8, 4) is 17.2 Å². The molecule has 1 aliphatic rings. The second-order valence-corrected chi connectivity index (χ2v) is 9.43. The third-order valence-electron chi connectivity index (χ3n) is 5.01. The second kappa shape index (κ2) is 8.72. The lowest BCUT2D eigenvalue weighted by Crippen LogP contribution is -2.45. The summed E-state index contributed by atoms with van der Waals surface area (Å²) in [5.74, 6) is 1.22. The van der Waals surface area contributed by atoms with Crippen molar-refractivity contribution in [1.29, 1.82) is 0 Å². The van der Waals surface area contributed by atoms with Gasteiger partial charge in [-0.1, -0.05) is 18.2 Å². The molecule has 7 nitrogen and oxygen atoms in total. The lowest BCUT2D eigenvalue weighted by molar-refractivity contribution is -0.00657. The second-order valence-electron chi connectivity index (χ2n) is 7.57. The van der Waals surface area contributed by atoms with E-state index in [2.05, 4.69) is 4.98 Å². The van der Waals surface area contributed by atoms with Gasteiger partial charge in [-0.2, -0.15) is 4.98 Å². The van der Waals surface area contributed by atoms with Gasteiger partial charge in [0.25, 0.3) is 0 Å². The Hall–Kier alpha value is -2.84. The van der Waals surface area contributed by atoms with Gasteiger partial charge < -0.3 is 18.8 Å². The Morgan fingerprint density at radius 2 is 1.68 bits per heavy atom. The van der Waals surface area contributed by atoms with Gasteiger partial charge in [0.2, 0.25) is 26.6 Å². The molecule has 0 bridgehead atoms. The molecule has 0 saturated carbocycles. The molecule has 2 unspecified atom stereocenters. The summed E-state index contributed by atoms with van der Waals surface area (Å²) in [5.41, 5.74) is 0.675. The van der Waals surface area contributed by atoms with Crippen molar-refractivity contribution in [2.24, 2.45) is 0 Å². The smallest absolute Gasteiger partial charge is 0.236 e. The van der Waals surface area contributed by atoms with E-state index in [1.165, 1.54) is 0 Å². The quantitative estimate of drug-likeness (QED) is 0.566. The zero-order chi connectivity index (χ0) is 22.0. The Kier molecular flexibility index (Phi) is 6.02. The molecule has 1 aliphatic heterocycles. The van der Waals surface area contributed by atoms with Crippen molar-refractivity contribution in [2.75, 3.05) is 24.6 Å². The SMILES string of the molecule is CCOc1ccc(-c2nc(S(=O)(=O)c3ccccc3)c(N3CC(C)OC(C)C3)o2)cc1. The largest absolute Gasteiger partial charge is 0.494 e. The Bertz CT molecular complexity index is 1120. The minimum Gasteiger partial charge on any atom is -0.494 e. The molecule has 2 heterocycles. The molecule has 1 fully saturated rings. The van der Waals surface area contributed by atoms with Gasteiger partial charge in [0.05, 0.1) is 23.7 Å². The first-order chi connectivity index (χ1) is 14.9. The predicted octanol–water partition coefficient (Wildman–Crippen LogP) is 4.19. The van der Waals surface area contributed by atoms with Crippen LogP contribution < -0.4 is 9.64 Å². The van der Waals surface area contributed by atoms with Gasteiger partial charge in [-0.3, -0.25) is 0 Å². The number of anilines is 1. The van der Waals surface area contributed by atoms with E-state index >= 15 is 0 Å². The molecule has 1 saturated heterocycles. The first kappa shape index (κ1) is 21.4. The molecule has 0 radical (unpaired) electrons. The van der Waals surface area contributed by atoms with E-state index < -0.39 is 9.84 Å². The molecule has 1 aromatic heterocycles. The van der Waals surface area contributed by atoms with E-state index in [4.69, 9.17) is 13.9 Å². The highest BCUT2D eigenvalue weighted by atomic mass is 32.2. The van der Waals surface area contributed by atoms with Crippen molar-refractivity contribution in [3.63, 3.8) is 0 Å². The van der Waals surface area contributed by atoms with E-state index in [9.17, 15) is 8.42 Å². The van der Waals surface area contributed by atoms with Gasteiger partial charge in [0.1, 0.15) is 5.75 Å². The molecule has 0 aliphatic carbocycles. The Labute approximate surface area is 182 Å². The molecule has 164 valence electrons. The van der Waals surface area contributed by atoms with E-state index in [1.807, 2.05) is 49.9 Å². The van der Waals surface area contributed by atoms with Crippen molar-refractivity contribution in [3.05, 3.63) is 54.6 Å². The number of ether oxygens (including phenoxy) is 2. The van der Waals surface area contributed by atoms with Crippen LogP contribution in [0.4, 0.5) is 5.88 Å². The average molecular weight is 443 g/mol. The molecule has 3 aromatic rings. The lowest BCUT2D eigenvalue weighted by atomic mass is 10.2. The topological polar surface area (TPSA) is 81.9 Å². The highest BCUT2D eigenvalue weighted by molar-refractivity contribution is 7.91. The highest BCUT2D eigenvalue weighted by Gasteiger charge is 2.34. The zero-order valence-electron chi connectivity index (χ0n) is 17.8. The summed E-state index contributed by atoms with van der Waals surface area (Å²) in [5, 5.41) is -0.0797. The summed E-state index contributed by atoms with van der Waals surface area (Å²) in [7, 11) is -3.87. The summed E-state index contributed by atoms with van der Waals surface area (Å²) in [6.07, 6.45) is -0.120. The van der Waals surface area contributed by atoms with Gasteiger partial charge in [0.15, 0.2) is 0 Å². The van der Waals surface area contributed by atoms with Crippen LogP contribution >= 0.6 is 0 Å². The summed E-state index contributed by atoms with van der Waals surface area (Å²) in [6.45, 7) is 7.42. The maximum Gasteiger partial charge on any atom is 0.236 e. The average Bonchev–Trinajstić information content (AvgIpc) is 3.21. The minimum absolute atomic E-state index is 0.0601. The summed E-state index contributed by atoms with van der Waals surface area (Å²) < 4.78 is 44.3. The molecule has 2 aromatic carbocycles. The first-order valence-corrected chi connectivity index (χ1v) is 11.8. The Morgan fingerprint density at radius 1 is 1.03 bits per heavy atom. The van der Waals surface area contributed by atoms with Gasteiger partial charge in [-0.05, 0) is 57.2 Å². The van der Waals surface area contributed by atoms with Crippen LogP contribution in [-0.4, -0.2) is 45.3 Å². The van der Waals surface area contributed by atoms with Crippen molar-refractivity contribution < 1.29 is 22.3 Å². The van der Waals surface area contributed by atoms with Crippen LogP contribution in [0.1, 0.15) is 20.8 Å². The summed E-state index contributed by atoms with van der Waals surface area (Å²) in [6, 6.07) is 15.5. The number of nitrogens with zero attached hydrogens (tertiary/aromatic N) is 2. The molecule has 31 heavy (non-hydrogen) atoms. The lowest BCUT2D eigenvalue weighted by Gasteiger charge is -2.35. The van der Waals surface area contributed by atoms with Crippen LogP contribution in [0.15, 0.2) is 68.9 Å². The molecule has 0 amide bonds. The third-order valence-corrected chi connectivity index (χ3v) is 6.67. The number of sulfone groups is 1.